The van der Waals surface area contributed by atoms with E-state index in [4.69, 9.17) is 5.73 Å². The highest BCUT2D eigenvalue weighted by molar-refractivity contribution is 5.85. The van der Waals surface area contributed by atoms with E-state index in [-0.39, 0.29) is 24.8 Å². The van der Waals surface area contributed by atoms with Gasteiger partial charge in [0, 0.05) is 12.6 Å². The lowest BCUT2D eigenvalue weighted by molar-refractivity contribution is 0.188. The third-order valence-corrected chi connectivity index (χ3v) is 3.85. The lowest BCUT2D eigenvalue weighted by Crippen LogP contribution is -2.43. The molecule has 104 valence electrons. The van der Waals surface area contributed by atoms with Gasteiger partial charge in [-0.2, -0.15) is 0 Å². The minimum atomic E-state index is 0. The molecule has 0 aliphatic carbocycles. The molecule has 0 radical (unpaired) electrons. The lowest BCUT2D eigenvalue weighted by Gasteiger charge is -2.32. The zero-order valence-corrected chi connectivity index (χ0v) is 12.2. The molecule has 2 aliphatic heterocycles. The van der Waals surface area contributed by atoms with Crippen LogP contribution in [0.5, 0.6) is 0 Å². The average Bonchev–Trinajstić information content (AvgIpc) is 2.28. The van der Waals surface area contributed by atoms with Gasteiger partial charge in [-0.1, -0.05) is 0 Å². The Bertz CT molecular complexity index is 187. The van der Waals surface area contributed by atoms with Gasteiger partial charge in [0.05, 0.1) is 0 Å². The lowest BCUT2D eigenvalue weighted by atomic mass is 9.94. The molecule has 1 unspecified atom stereocenters. The van der Waals surface area contributed by atoms with Crippen molar-refractivity contribution < 1.29 is 0 Å². The molecule has 0 spiro atoms. The fourth-order valence-corrected chi connectivity index (χ4v) is 2.83. The molecular weight excluding hydrogens is 257 g/mol. The van der Waals surface area contributed by atoms with Crippen molar-refractivity contribution in [3.05, 3.63) is 0 Å². The Kier molecular flexibility index (Phi) is 9.65. The summed E-state index contributed by atoms with van der Waals surface area (Å²) in [6, 6.07) is 0.437. The number of likely N-dealkylation sites (tertiary alicyclic amines) is 1. The molecule has 2 fully saturated rings. The van der Waals surface area contributed by atoms with Crippen molar-refractivity contribution in [1.29, 1.82) is 0 Å². The van der Waals surface area contributed by atoms with E-state index in [1.165, 1.54) is 58.3 Å². The standard InChI is InChI=1S/C12H25N3.2ClH/c13-12-2-1-8-15(10-12)9-5-11-3-6-14-7-4-11;;/h11-12,14H,1-10,13H2;2*1H. The van der Waals surface area contributed by atoms with Crippen LogP contribution < -0.4 is 11.1 Å². The summed E-state index contributed by atoms with van der Waals surface area (Å²) in [4.78, 5) is 2.57. The molecule has 2 rings (SSSR count). The van der Waals surface area contributed by atoms with E-state index in [9.17, 15) is 0 Å². The van der Waals surface area contributed by atoms with Gasteiger partial charge in [0.15, 0.2) is 0 Å². The van der Waals surface area contributed by atoms with E-state index >= 15 is 0 Å². The summed E-state index contributed by atoms with van der Waals surface area (Å²) >= 11 is 0. The molecule has 0 aromatic rings. The van der Waals surface area contributed by atoms with Crippen LogP contribution in [0.4, 0.5) is 0 Å². The molecule has 2 saturated heterocycles. The van der Waals surface area contributed by atoms with Crippen LogP contribution in [-0.4, -0.2) is 43.7 Å². The van der Waals surface area contributed by atoms with Crippen molar-refractivity contribution >= 4 is 24.8 Å². The Balaban J connectivity index is 0.00000128. The van der Waals surface area contributed by atoms with Crippen LogP contribution in [0.2, 0.25) is 0 Å². The van der Waals surface area contributed by atoms with Crippen LogP contribution in [0, 0.1) is 5.92 Å². The first kappa shape index (κ1) is 17.5. The maximum absolute atomic E-state index is 5.98. The van der Waals surface area contributed by atoms with Crippen molar-refractivity contribution in [2.24, 2.45) is 11.7 Å². The zero-order chi connectivity index (χ0) is 10.5. The minimum Gasteiger partial charge on any atom is -0.327 e. The molecule has 1 atom stereocenters. The Labute approximate surface area is 118 Å². The topological polar surface area (TPSA) is 41.3 Å². The number of hydrogen-bond donors (Lipinski definition) is 2. The van der Waals surface area contributed by atoms with Gasteiger partial charge in [-0.25, -0.2) is 0 Å². The van der Waals surface area contributed by atoms with Gasteiger partial charge >= 0.3 is 0 Å². The van der Waals surface area contributed by atoms with Gasteiger partial charge < -0.3 is 16.0 Å². The van der Waals surface area contributed by atoms with E-state index in [2.05, 4.69) is 10.2 Å². The molecule has 0 aromatic carbocycles. The molecule has 17 heavy (non-hydrogen) atoms. The number of nitrogens with two attached hydrogens (primary N) is 1. The third-order valence-electron chi connectivity index (χ3n) is 3.85. The smallest absolute Gasteiger partial charge is 0.0168 e. The van der Waals surface area contributed by atoms with E-state index in [0.29, 0.717) is 6.04 Å². The summed E-state index contributed by atoms with van der Waals surface area (Å²) in [5.41, 5.74) is 5.98. The second-order valence-corrected chi connectivity index (χ2v) is 5.18. The molecule has 3 nitrogen and oxygen atoms in total. The van der Waals surface area contributed by atoms with E-state index < -0.39 is 0 Å². The molecule has 2 aliphatic rings. The highest BCUT2D eigenvalue weighted by Gasteiger charge is 2.18. The number of rotatable bonds is 3. The average molecular weight is 284 g/mol. The molecule has 5 heteroatoms. The summed E-state index contributed by atoms with van der Waals surface area (Å²) in [6.07, 6.45) is 6.66. The Morgan fingerprint density at radius 2 is 1.82 bits per heavy atom. The summed E-state index contributed by atoms with van der Waals surface area (Å²) < 4.78 is 0. The number of hydrogen-bond acceptors (Lipinski definition) is 3. The van der Waals surface area contributed by atoms with Gasteiger partial charge in [0.2, 0.25) is 0 Å². The maximum atomic E-state index is 5.98. The van der Waals surface area contributed by atoms with Crippen molar-refractivity contribution in [2.75, 3.05) is 32.7 Å². The number of nitrogens with one attached hydrogen (secondary N) is 1. The quantitative estimate of drug-likeness (QED) is 0.828. The predicted molar refractivity (Wildman–Crippen MR) is 78.4 cm³/mol. The fraction of sp³-hybridized carbons (Fsp3) is 1.00. The minimum absolute atomic E-state index is 0. The van der Waals surface area contributed by atoms with Gasteiger partial charge in [-0.15, -0.1) is 24.8 Å². The molecular formula is C12H27Cl2N3. The van der Waals surface area contributed by atoms with Gasteiger partial charge in [-0.3, -0.25) is 0 Å². The Morgan fingerprint density at radius 1 is 1.12 bits per heavy atom. The molecule has 2 heterocycles. The van der Waals surface area contributed by atoms with Crippen LogP contribution in [0.3, 0.4) is 0 Å². The maximum Gasteiger partial charge on any atom is 0.0168 e. The third kappa shape index (κ3) is 6.25. The largest absolute Gasteiger partial charge is 0.327 e. The molecule has 0 aromatic heterocycles. The molecule has 3 N–H and O–H groups in total. The second kappa shape index (κ2) is 9.40. The van der Waals surface area contributed by atoms with E-state index in [1.54, 1.807) is 0 Å². The van der Waals surface area contributed by atoms with Crippen LogP contribution >= 0.6 is 24.8 Å². The van der Waals surface area contributed by atoms with Crippen LogP contribution in [0.25, 0.3) is 0 Å². The molecule has 0 saturated carbocycles. The first-order valence-electron chi connectivity index (χ1n) is 6.53. The van der Waals surface area contributed by atoms with E-state index in [1.807, 2.05) is 0 Å². The van der Waals surface area contributed by atoms with Crippen LogP contribution in [0.15, 0.2) is 0 Å². The van der Waals surface area contributed by atoms with Crippen LogP contribution in [-0.2, 0) is 0 Å². The fourth-order valence-electron chi connectivity index (χ4n) is 2.83. The normalized spacial score (nSPS) is 27.0. The Hall–Kier alpha value is 0.460. The summed E-state index contributed by atoms with van der Waals surface area (Å²) in [7, 11) is 0. The van der Waals surface area contributed by atoms with Gasteiger partial charge in [0.1, 0.15) is 0 Å². The summed E-state index contributed by atoms with van der Waals surface area (Å²) in [6.45, 7) is 6.14. The van der Waals surface area contributed by atoms with Crippen LogP contribution in [0.1, 0.15) is 32.1 Å². The van der Waals surface area contributed by atoms with Crippen molar-refractivity contribution in [2.45, 2.75) is 38.1 Å². The SMILES string of the molecule is Cl.Cl.NC1CCCN(CCC2CCNCC2)C1. The highest BCUT2D eigenvalue weighted by Crippen LogP contribution is 2.17. The number of nitrogens with zero attached hydrogens (tertiary/aromatic N) is 1. The molecule has 0 bridgehead atoms. The van der Waals surface area contributed by atoms with Gasteiger partial charge in [0.25, 0.3) is 0 Å². The summed E-state index contributed by atoms with van der Waals surface area (Å²) in [5.74, 6) is 0.962. The van der Waals surface area contributed by atoms with E-state index in [0.717, 1.165) is 12.5 Å². The first-order chi connectivity index (χ1) is 7.34. The highest BCUT2D eigenvalue weighted by atomic mass is 35.5. The van der Waals surface area contributed by atoms with Crippen molar-refractivity contribution in [3.63, 3.8) is 0 Å². The van der Waals surface area contributed by atoms with Gasteiger partial charge in [-0.05, 0) is 64.2 Å². The molecule has 0 amide bonds. The zero-order valence-electron chi connectivity index (χ0n) is 10.6. The van der Waals surface area contributed by atoms with Crippen molar-refractivity contribution in [3.8, 4) is 0 Å². The Morgan fingerprint density at radius 3 is 2.47 bits per heavy atom. The number of piperidine rings is 2. The number of halogens is 2. The monoisotopic (exact) mass is 283 g/mol. The van der Waals surface area contributed by atoms with Crippen molar-refractivity contribution in [1.82, 2.24) is 10.2 Å². The first-order valence-corrected chi connectivity index (χ1v) is 6.53. The predicted octanol–water partition coefficient (Wildman–Crippen LogP) is 1.64. The second-order valence-electron chi connectivity index (χ2n) is 5.18. The summed E-state index contributed by atoms with van der Waals surface area (Å²) in [5, 5.41) is 3.43.